The van der Waals surface area contributed by atoms with E-state index in [1.165, 1.54) is 12.8 Å². The van der Waals surface area contributed by atoms with Crippen LogP contribution in [0.1, 0.15) is 31.7 Å². The highest BCUT2D eigenvalue weighted by Gasteiger charge is 2.09. The minimum atomic E-state index is -3.27. The summed E-state index contributed by atoms with van der Waals surface area (Å²) in [5, 5.41) is -0.0956. The number of aryl methyl sites for hydroxylation is 1. The number of nitrogens with zero attached hydrogens (tertiary/aromatic N) is 2. The molecular formula is C10H16N2O2S. The van der Waals surface area contributed by atoms with Gasteiger partial charge in [-0.3, -0.25) is 0 Å². The second-order valence-corrected chi connectivity index (χ2v) is 5.51. The fraction of sp³-hybridized carbons (Fsp3) is 0.600. The predicted molar refractivity (Wildman–Crippen MR) is 58.4 cm³/mol. The van der Waals surface area contributed by atoms with Gasteiger partial charge in [0.05, 0.1) is 0 Å². The van der Waals surface area contributed by atoms with Crippen LogP contribution in [0.3, 0.4) is 0 Å². The Morgan fingerprint density at radius 2 is 1.80 bits per heavy atom. The minimum absolute atomic E-state index is 0.0956. The number of hydrogen-bond acceptors (Lipinski definition) is 4. The summed E-state index contributed by atoms with van der Waals surface area (Å²) >= 11 is 0. The minimum Gasteiger partial charge on any atom is -0.227 e. The van der Waals surface area contributed by atoms with Crippen LogP contribution in [-0.2, 0) is 16.3 Å². The van der Waals surface area contributed by atoms with Crippen molar-refractivity contribution < 1.29 is 8.42 Å². The van der Waals surface area contributed by atoms with E-state index in [4.69, 9.17) is 0 Å². The Bertz CT molecular complexity index is 398. The second-order valence-electron chi connectivity index (χ2n) is 3.60. The van der Waals surface area contributed by atoms with E-state index >= 15 is 0 Å². The molecule has 4 nitrogen and oxygen atoms in total. The van der Waals surface area contributed by atoms with E-state index < -0.39 is 9.84 Å². The molecule has 1 aromatic heterocycles. The average molecular weight is 228 g/mol. The fourth-order valence-corrected chi connectivity index (χ4v) is 1.73. The lowest BCUT2D eigenvalue weighted by atomic mass is 10.1. The molecule has 15 heavy (non-hydrogen) atoms. The van der Waals surface area contributed by atoms with Gasteiger partial charge in [-0.25, -0.2) is 18.4 Å². The van der Waals surface area contributed by atoms with Gasteiger partial charge in [0.15, 0.2) is 0 Å². The third-order valence-electron chi connectivity index (χ3n) is 2.08. The van der Waals surface area contributed by atoms with Gasteiger partial charge in [-0.15, -0.1) is 0 Å². The van der Waals surface area contributed by atoms with Crippen LogP contribution in [0, 0.1) is 0 Å². The Balaban J connectivity index is 2.65. The lowest BCUT2D eigenvalue weighted by Crippen LogP contribution is -2.04. The monoisotopic (exact) mass is 228 g/mol. The molecule has 0 unspecified atom stereocenters. The number of unbranched alkanes of at least 4 members (excludes halogenated alkanes) is 2. The van der Waals surface area contributed by atoms with Crippen molar-refractivity contribution in [1.29, 1.82) is 0 Å². The van der Waals surface area contributed by atoms with E-state index in [2.05, 4.69) is 16.9 Å². The third-order valence-corrected chi connectivity index (χ3v) is 2.96. The lowest BCUT2D eigenvalue weighted by molar-refractivity contribution is 0.592. The first-order chi connectivity index (χ1) is 7.04. The Labute approximate surface area is 90.7 Å². The smallest absolute Gasteiger partial charge is 0.227 e. The summed E-state index contributed by atoms with van der Waals surface area (Å²) in [6, 6.07) is 0. The molecule has 0 saturated heterocycles. The van der Waals surface area contributed by atoms with Crippen LogP contribution in [0.25, 0.3) is 0 Å². The molecule has 0 atom stereocenters. The van der Waals surface area contributed by atoms with Crippen LogP contribution in [0.2, 0.25) is 0 Å². The molecule has 0 bridgehead atoms. The van der Waals surface area contributed by atoms with Crippen LogP contribution in [0.5, 0.6) is 0 Å². The highest BCUT2D eigenvalue weighted by Crippen LogP contribution is 2.06. The quantitative estimate of drug-likeness (QED) is 0.567. The summed E-state index contributed by atoms with van der Waals surface area (Å²) in [7, 11) is -3.27. The Hall–Kier alpha value is -0.970. The van der Waals surface area contributed by atoms with Gasteiger partial charge < -0.3 is 0 Å². The summed E-state index contributed by atoms with van der Waals surface area (Å²) in [5.41, 5.74) is 0.996. The van der Waals surface area contributed by atoms with Gasteiger partial charge in [-0.2, -0.15) is 0 Å². The average Bonchev–Trinajstić information content (AvgIpc) is 2.18. The lowest BCUT2D eigenvalue weighted by Gasteiger charge is -2.00. The zero-order valence-corrected chi connectivity index (χ0v) is 9.92. The molecule has 0 saturated carbocycles. The molecule has 1 aromatic rings. The number of rotatable bonds is 5. The van der Waals surface area contributed by atoms with Crippen molar-refractivity contribution in [2.45, 2.75) is 37.8 Å². The summed E-state index contributed by atoms with van der Waals surface area (Å²) < 4.78 is 22.2. The summed E-state index contributed by atoms with van der Waals surface area (Å²) in [4.78, 5) is 7.66. The van der Waals surface area contributed by atoms with Crippen LogP contribution >= 0.6 is 0 Å². The number of hydrogen-bond donors (Lipinski definition) is 0. The largest absolute Gasteiger partial charge is 0.246 e. The molecule has 5 heteroatoms. The molecule has 0 aromatic carbocycles. The first-order valence-electron chi connectivity index (χ1n) is 5.05. The Morgan fingerprint density at radius 3 is 2.27 bits per heavy atom. The molecule has 0 aliphatic rings. The van der Waals surface area contributed by atoms with Gasteiger partial charge in [0.1, 0.15) is 0 Å². The van der Waals surface area contributed by atoms with Crippen molar-refractivity contribution in [2.75, 3.05) is 6.26 Å². The van der Waals surface area contributed by atoms with Gasteiger partial charge in [0.2, 0.25) is 15.0 Å². The standard InChI is InChI=1S/C10H16N2O2S/c1-3-4-5-6-9-7-11-10(12-8-9)15(2,13)14/h7-8H,3-6H2,1-2H3. The van der Waals surface area contributed by atoms with E-state index in [0.717, 1.165) is 24.7 Å². The summed E-state index contributed by atoms with van der Waals surface area (Å²) in [6.07, 6.45) is 8.66. The Kier molecular flexibility index (Phi) is 4.20. The molecule has 0 N–H and O–H groups in total. The van der Waals surface area contributed by atoms with Crippen molar-refractivity contribution >= 4 is 9.84 Å². The van der Waals surface area contributed by atoms with E-state index in [0.29, 0.717) is 0 Å². The maximum absolute atomic E-state index is 11.1. The zero-order chi connectivity index (χ0) is 11.3. The van der Waals surface area contributed by atoms with E-state index in [1.54, 1.807) is 12.4 Å². The molecule has 84 valence electrons. The molecule has 0 amide bonds. The van der Waals surface area contributed by atoms with E-state index in [9.17, 15) is 8.42 Å². The first kappa shape index (κ1) is 12.1. The van der Waals surface area contributed by atoms with Gasteiger partial charge in [-0.1, -0.05) is 19.8 Å². The molecule has 1 rings (SSSR count). The van der Waals surface area contributed by atoms with Gasteiger partial charge in [0, 0.05) is 18.6 Å². The van der Waals surface area contributed by atoms with Gasteiger partial charge in [-0.05, 0) is 18.4 Å². The van der Waals surface area contributed by atoms with Gasteiger partial charge >= 0.3 is 0 Å². The highest BCUT2D eigenvalue weighted by atomic mass is 32.2. The van der Waals surface area contributed by atoms with Crippen molar-refractivity contribution in [3.63, 3.8) is 0 Å². The fourth-order valence-electron chi connectivity index (χ4n) is 1.24. The SMILES string of the molecule is CCCCCc1cnc(S(C)(=O)=O)nc1. The second kappa shape index (κ2) is 5.21. The van der Waals surface area contributed by atoms with Crippen molar-refractivity contribution in [1.82, 2.24) is 9.97 Å². The van der Waals surface area contributed by atoms with Crippen LogP contribution in [0.4, 0.5) is 0 Å². The third kappa shape index (κ3) is 3.95. The normalized spacial score (nSPS) is 11.6. The van der Waals surface area contributed by atoms with Gasteiger partial charge in [0.25, 0.3) is 0 Å². The molecule has 0 spiro atoms. The van der Waals surface area contributed by atoms with E-state index in [-0.39, 0.29) is 5.16 Å². The molecule has 0 radical (unpaired) electrons. The highest BCUT2D eigenvalue weighted by molar-refractivity contribution is 7.90. The van der Waals surface area contributed by atoms with Crippen LogP contribution in [0.15, 0.2) is 17.6 Å². The maximum atomic E-state index is 11.1. The molecule has 0 aliphatic carbocycles. The number of aromatic nitrogens is 2. The molecule has 1 heterocycles. The summed E-state index contributed by atoms with van der Waals surface area (Å²) in [5.74, 6) is 0. The Morgan fingerprint density at radius 1 is 1.20 bits per heavy atom. The van der Waals surface area contributed by atoms with Crippen molar-refractivity contribution in [3.05, 3.63) is 18.0 Å². The zero-order valence-electron chi connectivity index (χ0n) is 9.10. The molecule has 0 fully saturated rings. The maximum Gasteiger partial charge on any atom is 0.246 e. The molecular weight excluding hydrogens is 212 g/mol. The van der Waals surface area contributed by atoms with Crippen molar-refractivity contribution in [2.24, 2.45) is 0 Å². The topological polar surface area (TPSA) is 59.9 Å². The first-order valence-corrected chi connectivity index (χ1v) is 6.94. The summed E-state index contributed by atoms with van der Waals surface area (Å²) in [6.45, 7) is 2.14. The molecule has 0 aliphatic heterocycles. The van der Waals surface area contributed by atoms with E-state index in [1.807, 2.05) is 0 Å². The van der Waals surface area contributed by atoms with Crippen LogP contribution in [-0.4, -0.2) is 24.6 Å². The van der Waals surface area contributed by atoms with Crippen molar-refractivity contribution in [3.8, 4) is 0 Å². The number of sulfone groups is 1. The van der Waals surface area contributed by atoms with Crippen LogP contribution < -0.4 is 0 Å². The predicted octanol–water partition coefficient (Wildman–Crippen LogP) is 1.61.